The second kappa shape index (κ2) is 8.12. The molecule has 134 valence electrons. The van der Waals surface area contributed by atoms with Gasteiger partial charge in [0.2, 0.25) is 5.95 Å². The molecule has 0 unspecified atom stereocenters. The standard InChI is InChI=1S/C19H20ClN5O/c1-12-3-4-15(20)9-16(12)23-18-10-17(14-5-7-21-8-6-14)24-19(25-18)22-13(2)11-26/h3-10,13,26H,11H2,1-2H3,(H2,22,23,24,25)/t13-/m0/s1. The SMILES string of the molecule is Cc1ccc(Cl)cc1Nc1cc(-c2ccncc2)nc(N[C@@H](C)CO)n1. The van der Waals surface area contributed by atoms with E-state index in [4.69, 9.17) is 11.6 Å². The van der Waals surface area contributed by atoms with Crippen LogP contribution in [0.15, 0.2) is 48.8 Å². The van der Waals surface area contributed by atoms with Crippen LogP contribution in [0.1, 0.15) is 12.5 Å². The predicted octanol–water partition coefficient (Wildman–Crippen LogP) is 4.04. The van der Waals surface area contributed by atoms with Gasteiger partial charge in [0.1, 0.15) is 5.82 Å². The van der Waals surface area contributed by atoms with Gasteiger partial charge in [0.05, 0.1) is 12.3 Å². The van der Waals surface area contributed by atoms with E-state index in [1.165, 1.54) is 0 Å². The second-order valence-corrected chi connectivity index (χ2v) is 6.45. The van der Waals surface area contributed by atoms with E-state index in [2.05, 4.69) is 25.6 Å². The lowest BCUT2D eigenvalue weighted by Crippen LogP contribution is -2.21. The normalized spacial score (nSPS) is 11.8. The van der Waals surface area contributed by atoms with E-state index >= 15 is 0 Å². The summed E-state index contributed by atoms with van der Waals surface area (Å²) in [5, 5.41) is 16.3. The van der Waals surface area contributed by atoms with Crippen molar-refractivity contribution in [2.24, 2.45) is 0 Å². The van der Waals surface area contributed by atoms with E-state index in [0.717, 1.165) is 22.5 Å². The number of benzene rings is 1. The van der Waals surface area contributed by atoms with Crippen molar-refractivity contribution >= 4 is 29.1 Å². The molecule has 26 heavy (non-hydrogen) atoms. The smallest absolute Gasteiger partial charge is 0.225 e. The average molecular weight is 370 g/mol. The lowest BCUT2D eigenvalue weighted by Gasteiger charge is -2.15. The van der Waals surface area contributed by atoms with Gasteiger partial charge in [0.25, 0.3) is 0 Å². The Morgan fingerprint density at radius 2 is 1.88 bits per heavy atom. The van der Waals surface area contributed by atoms with Crippen molar-refractivity contribution in [1.82, 2.24) is 15.0 Å². The third kappa shape index (κ3) is 4.47. The Balaban J connectivity index is 2.00. The molecule has 1 aromatic carbocycles. The van der Waals surface area contributed by atoms with Crippen molar-refractivity contribution in [2.75, 3.05) is 17.2 Å². The van der Waals surface area contributed by atoms with Gasteiger partial charge in [-0.2, -0.15) is 4.98 Å². The van der Waals surface area contributed by atoms with Crippen LogP contribution in [0.5, 0.6) is 0 Å². The quantitative estimate of drug-likeness (QED) is 0.608. The Labute approximate surface area is 157 Å². The number of nitrogens with zero attached hydrogens (tertiary/aromatic N) is 3. The minimum absolute atomic E-state index is 0.0149. The summed E-state index contributed by atoms with van der Waals surface area (Å²) >= 11 is 6.11. The fourth-order valence-corrected chi connectivity index (χ4v) is 2.55. The van der Waals surface area contributed by atoms with Gasteiger partial charge in [-0.15, -0.1) is 0 Å². The van der Waals surface area contributed by atoms with E-state index in [1.54, 1.807) is 12.4 Å². The number of aromatic nitrogens is 3. The van der Waals surface area contributed by atoms with E-state index in [0.29, 0.717) is 16.8 Å². The summed E-state index contributed by atoms with van der Waals surface area (Å²) in [7, 11) is 0. The summed E-state index contributed by atoms with van der Waals surface area (Å²) in [4.78, 5) is 13.1. The molecule has 0 aliphatic carbocycles. The van der Waals surface area contributed by atoms with Crippen molar-refractivity contribution < 1.29 is 5.11 Å². The number of anilines is 3. The highest BCUT2D eigenvalue weighted by molar-refractivity contribution is 6.30. The number of hydrogen-bond acceptors (Lipinski definition) is 6. The molecule has 0 amide bonds. The zero-order valence-electron chi connectivity index (χ0n) is 14.6. The topological polar surface area (TPSA) is 83.0 Å². The van der Waals surface area contributed by atoms with E-state index < -0.39 is 0 Å². The molecule has 0 aliphatic rings. The van der Waals surface area contributed by atoms with Crippen molar-refractivity contribution in [3.63, 3.8) is 0 Å². The summed E-state index contributed by atoms with van der Waals surface area (Å²) in [6.07, 6.45) is 3.43. The fraction of sp³-hybridized carbons (Fsp3) is 0.211. The van der Waals surface area contributed by atoms with Crippen LogP contribution in [0.25, 0.3) is 11.3 Å². The Kier molecular flexibility index (Phi) is 5.65. The molecular formula is C19H20ClN5O. The largest absolute Gasteiger partial charge is 0.394 e. The molecule has 3 aromatic rings. The first kappa shape index (κ1) is 18.1. The fourth-order valence-electron chi connectivity index (χ4n) is 2.38. The van der Waals surface area contributed by atoms with Gasteiger partial charge in [-0.1, -0.05) is 17.7 Å². The maximum Gasteiger partial charge on any atom is 0.225 e. The molecule has 0 fully saturated rings. The van der Waals surface area contributed by atoms with Crippen LogP contribution < -0.4 is 10.6 Å². The highest BCUT2D eigenvalue weighted by Crippen LogP contribution is 2.26. The predicted molar refractivity (Wildman–Crippen MR) is 105 cm³/mol. The first-order valence-electron chi connectivity index (χ1n) is 8.25. The van der Waals surface area contributed by atoms with Crippen molar-refractivity contribution in [2.45, 2.75) is 19.9 Å². The van der Waals surface area contributed by atoms with Crippen LogP contribution in [0.2, 0.25) is 5.02 Å². The summed E-state index contributed by atoms with van der Waals surface area (Å²) in [5.41, 5.74) is 3.60. The molecule has 2 aromatic heterocycles. The Hall–Kier alpha value is -2.70. The number of nitrogens with one attached hydrogen (secondary N) is 2. The van der Waals surface area contributed by atoms with Crippen LogP contribution in [-0.4, -0.2) is 32.7 Å². The summed E-state index contributed by atoms with van der Waals surface area (Å²) in [5.74, 6) is 1.06. The van der Waals surface area contributed by atoms with E-state index in [1.807, 2.05) is 50.2 Å². The Morgan fingerprint density at radius 3 is 2.62 bits per heavy atom. The van der Waals surface area contributed by atoms with Gasteiger partial charge in [0.15, 0.2) is 0 Å². The van der Waals surface area contributed by atoms with Gasteiger partial charge in [-0.05, 0) is 43.7 Å². The number of halogens is 1. The van der Waals surface area contributed by atoms with Crippen LogP contribution in [0.3, 0.4) is 0 Å². The zero-order chi connectivity index (χ0) is 18.5. The van der Waals surface area contributed by atoms with Gasteiger partial charge in [-0.25, -0.2) is 4.98 Å². The summed E-state index contributed by atoms with van der Waals surface area (Å²) in [6, 6.07) is 11.1. The molecule has 0 radical (unpaired) electrons. The number of aliphatic hydroxyl groups is 1. The zero-order valence-corrected chi connectivity index (χ0v) is 15.3. The molecule has 2 heterocycles. The molecule has 6 nitrogen and oxygen atoms in total. The van der Waals surface area contributed by atoms with Crippen LogP contribution in [0.4, 0.5) is 17.5 Å². The lowest BCUT2D eigenvalue weighted by molar-refractivity contribution is 0.281. The number of aliphatic hydroxyl groups excluding tert-OH is 1. The van der Waals surface area contributed by atoms with Crippen LogP contribution >= 0.6 is 11.6 Å². The number of rotatable bonds is 6. The van der Waals surface area contributed by atoms with E-state index in [9.17, 15) is 5.11 Å². The molecule has 0 saturated heterocycles. The molecule has 1 atom stereocenters. The third-order valence-electron chi connectivity index (χ3n) is 3.81. The monoisotopic (exact) mass is 369 g/mol. The summed E-state index contributed by atoms with van der Waals surface area (Å²) in [6.45, 7) is 3.84. The molecule has 0 saturated carbocycles. The Bertz CT molecular complexity index is 888. The second-order valence-electron chi connectivity index (χ2n) is 6.01. The third-order valence-corrected chi connectivity index (χ3v) is 4.05. The molecule has 3 N–H and O–H groups in total. The first-order chi connectivity index (χ1) is 12.5. The summed E-state index contributed by atoms with van der Waals surface area (Å²) < 4.78 is 0. The minimum atomic E-state index is -0.163. The Morgan fingerprint density at radius 1 is 1.12 bits per heavy atom. The molecule has 0 bridgehead atoms. The van der Waals surface area contributed by atoms with Crippen LogP contribution in [-0.2, 0) is 0 Å². The van der Waals surface area contributed by atoms with Gasteiger partial charge >= 0.3 is 0 Å². The van der Waals surface area contributed by atoms with Gasteiger partial charge in [0, 0.05) is 40.8 Å². The first-order valence-corrected chi connectivity index (χ1v) is 8.63. The van der Waals surface area contributed by atoms with Gasteiger partial charge < -0.3 is 15.7 Å². The van der Waals surface area contributed by atoms with Gasteiger partial charge in [-0.3, -0.25) is 4.98 Å². The maximum absolute atomic E-state index is 9.30. The number of hydrogen-bond donors (Lipinski definition) is 3. The molecule has 0 spiro atoms. The lowest BCUT2D eigenvalue weighted by atomic mass is 10.2. The highest BCUT2D eigenvalue weighted by Gasteiger charge is 2.10. The maximum atomic E-state index is 9.30. The van der Waals surface area contributed by atoms with Crippen molar-refractivity contribution in [1.29, 1.82) is 0 Å². The molecule has 3 rings (SSSR count). The molecular weight excluding hydrogens is 350 g/mol. The highest BCUT2D eigenvalue weighted by atomic mass is 35.5. The molecule has 7 heteroatoms. The number of pyridine rings is 1. The van der Waals surface area contributed by atoms with Crippen molar-refractivity contribution in [3.8, 4) is 11.3 Å². The molecule has 0 aliphatic heterocycles. The van der Waals surface area contributed by atoms with Crippen molar-refractivity contribution in [3.05, 3.63) is 59.4 Å². The van der Waals surface area contributed by atoms with Crippen LogP contribution in [0, 0.1) is 6.92 Å². The minimum Gasteiger partial charge on any atom is -0.394 e. The van der Waals surface area contributed by atoms with E-state index in [-0.39, 0.29) is 12.6 Å². The number of aryl methyl sites for hydroxylation is 1. The average Bonchev–Trinajstić information content (AvgIpc) is 2.65.